The lowest BCUT2D eigenvalue weighted by atomic mass is 10.5. The van der Waals surface area contributed by atoms with Crippen LogP contribution in [0.5, 0.6) is 0 Å². The number of carbonyl (C=O) groups is 1. The number of aldehydes is 1. The molecule has 0 aliphatic rings. The van der Waals surface area contributed by atoms with Crippen LogP contribution in [0.25, 0.3) is 0 Å². The predicted octanol–water partition coefficient (Wildman–Crippen LogP) is 1.36. The summed E-state index contributed by atoms with van der Waals surface area (Å²) in [4.78, 5) is 19.0. The van der Waals surface area contributed by atoms with Crippen LogP contribution in [-0.4, -0.2) is 33.7 Å². The molecule has 0 atom stereocenters. The van der Waals surface area contributed by atoms with E-state index >= 15 is 0 Å². The van der Waals surface area contributed by atoms with Crippen LogP contribution in [0, 0.1) is 0 Å². The molecular weight excluding hydrogens is 198 g/mol. The van der Waals surface area contributed by atoms with Crippen molar-refractivity contribution in [2.24, 2.45) is 12.0 Å². The maximum atomic E-state index is 10.6. The van der Waals surface area contributed by atoms with Crippen molar-refractivity contribution in [1.82, 2.24) is 9.55 Å². The van der Waals surface area contributed by atoms with E-state index in [4.69, 9.17) is 0 Å². The van der Waals surface area contributed by atoms with E-state index in [-0.39, 0.29) is 0 Å². The average Bonchev–Trinajstić information content (AvgIpc) is 2.56. The van der Waals surface area contributed by atoms with Gasteiger partial charge in [-0.3, -0.25) is 9.79 Å². The maximum Gasteiger partial charge on any atom is 0.185 e. The van der Waals surface area contributed by atoms with Crippen molar-refractivity contribution in [2.45, 2.75) is 6.92 Å². The fourth-order valence-corrected chi connectivity index (χ4v) is 1.65. The number of thioether (sulfide) groups is 1. The number of aryl methyl sites for hydroxylation is 1. The van der Waals surface area contributed by atoms with E-state index in [2.05, 4.69) is 9.98 Å². The topological polar surface area (TPSA) is 47.2 Å². The van der Waals surface area contributed by atoms with Crippen LogP contribution in [0.15, 0.2) is 11.2 Å². The highest BCUT2D eigenvalue weighted by molar-refractivity contribution is 8.13. The molecule has 0 aromatic carbocycles. The number of aromatic nitrogens is 2. The van der Waals surface area contributed by atoms with Gasteiger partial charge in [0.05, 0.1) is 0 Å². The van der Waals surface area contributed by atoms with Gasteiger partial charge in [-0.15, -0.1) is 11.8 Å². The molecule has 0 bridgehead atoms. The molecule has 1 aromatic heterocycles. The van der Waals surface area contributed by atoms with Crippen molar-refractivity contribution < 1.29 is 4.79 Å². The van der Waals surface area contributed by atoms with Crippen LogP contribution in [0.1, 0.15) is 23.2 Å². The summed E-state index contributed by atoms with van der Waals surface area (Å²) in [5.74, 6) is 0.429. The SMILES string of the molecule is CCN=C(SC)c1cn(C)c(C=O)n1. The Hall–Kier alpha value is -1.10. The molecule has 1 aromatic rings. The molecule has 1 heterocycles. The summed E-state index contributed by atoms with van der Waals surface area (Å²) in [5, 5.41) is 0.871. The second-order valence-electron chi connectivity index (χ2n) is 2.70. The number of imidazole rings is 1. The third-order valence-corrected chi connectivity index (χ3v) is 2.46. The highest BCUT2D eigenvalue weighted by Crippen LogP contribution is 2.10. The number of nitrogens with zero attached hydrogens (tertiary/aromatic N) is 3. The molecule has 0 fully saturated rings. The summed E-state index contributed by atoms with van der Waals surface area (Å²) >= 11 is 1.54. The van der Waals surface area contributed by atoms with Crippen LogP contribution in [0.2, 0.25) is 0 Å². The fourth-order valence-electron chi connectivity index (χ4n) is 1.09. The highest BCUT2D eigenvalue weighted by atomic mass is 32.2. The lowest BCUT2D eigenvalue weighted by molar-refractivity contribution is 0.111. The normalized spacial score (nSPS) is 11.8. The minimum absolute atomic E-state index is 0.429. The predicted molar refractivity (Wildman–Crippen MR) is 59.2 cm³/mol. The van der Waals surface area contributed by atoms with Gasteiger partial charge < -0.3 is 4.57 Å². The number of hydrogen-bond donors (Lipinski definition) is 0. The van der Waals surface area contributed by atoms with Crippen molar-refractivity contribution in [3.63, 3.8) is 0 Å². The van der Waals surface area contributed by atoms with E-state index in [1.54, 1.807) is 11.6 Å². The van der Waals surface area contributed by atoms with Gasteiger partial charge in [-0.1, -0.05) is 0 Å². The Bertz CT molecular complexity index is 357. The summed E-state index contributed by atoms with van der Waals surface area (Å²) in [5.41, 5.74) is 0.768. The maximum absolute atomic E-state index is 10.6. The summed E-state index contributed by atoms with van der Waals surface area (Å²) in [6, 6.07) is 0. The molecule has 5 heteroatoms. The third-order valence-electron chi connectivity index (χ3n) is 1.73. The molecule has 0 N–H and O–H groups in total. The molecule has 1 rings (SSSR count). The third kappa shape index (κ3) is 2.23. The van der Waals surface area contributed by atoms with Gasteiger partial charge in [0.2, 0.25) is 0 Å². The van der Waals surface area contributed by atoms with Crippen LogP contribution in [-0.2, 0) is 7.05 Å². The number of aliphatic imine (C=N–C) groups is 1. The molecule has 0 saturated carbocycles. The standard InChI is InChI=1S/C9H13N3OS/c1-4-10-9(14-3)7-5-12(2)8(6-13)11-7/h5-6H,4H2,1-3H3. The van der Waals surface area contributed by atoms with Crippen molar-refractivity contribution in [2.75, 3.05) is 12.8 Å². The van der Waals surface area contributed by atoms with Crippen LogP contribution >= 0.6 is 11.8 Å². The number of carbonyl (C=O) groups excluding carboxylic acids is 1. The molecule has 76 valence electrons. The molecule has 0 aliphatic heterocycles. The second kappa shape index (κ2) is 4.95. The molecule has 14 heavy (non-hydrogen) atoms. The van der Waals surface area contributed by atoms with Gasteiger partial charge in [0.1, 0.15) is 10.7 Å². The van der Waals surface area contributed by atoms with Crippen molar-refractivity contribution >= 4 is 23.1 Å². The van der Waals surface area contributed by atoms with E-state index in [9.17, 15) is 4.79 Å². The first kappa shape index (κ1) is 11.0. The second-order valence-corrected chi connectivity index (χ2v) is 3.49. The molecular formula is C9H13N3OS. The van der Waals surface area contributed by atoms with E-state index in [0.717, 1.165) is 23.6 Å². The first-order chi connectivity index (χ1) is 6.72. The van der Waals surface area contributed by atoms with Gasteiger partial charge in [-0.05, 0) is 13.2 Å². The number of rotatable bonds is 3. The number of hydrogen-bond acceptors (Lipinski definition) is 4. The van der Waals surface area contributed by atoms with Gasteiger partial charge in [-0.2, -0.15) is 0 Å². The summed E-state index contributed by atoms with van der Waals surface area (Å²) < 4.78 is 1.70. The zero-order chi connectivity index (χ0) is 10.6. The van der Waals surface area contributed by atoms with Gasteiger partial charge in [0.15, 0.2) is 12.1 Å². The average molecular weight is 211 g/mol. The van der Waals surface area contributed by atoms with Crippen LogP contribution in [0.4, 0.5) is 0 Å². The molecule has 0 aliphatic carbocycles. The molecule has 0 radical (unpaired) electrons. The fraction of sp³-hybridized carbons (Fsp3) is 0.444. The van der Waals surface area contributed by atoms with Crippen LogP contribution < -0.4 is 0 Å². The van der Waals surface area contributed by atoms with E-state index in [0.29, 0.717) is 5.82 Å². The summed E-state index contributed by atoms with van der Waals surface area (Å²) in [6.07, 6.45) is 4.51. The smallest absolute Gasteiger partial charge is 0.185 e. The van der Waals surface area contributed by atoms with Crippen molar-refractivity contribution in [3.8, 4) is 0 Å². The van der Waals surface area contributed by atoms with Gasteiger partial charge >= 0.3 is 0 Å². The highest BCUT2D eigenvalue weighted by Gasteiger charge is 2.08. The zero-order valence-electron chi connectivity index (χ0n) is 8.52. The Kier molecular flexibility index (Phi) is 3.88. The van der Waals surface area contributed by atoms with Gasteiger partial charge in [-0.25, -0.2) is 4.98 Å². The van der Waals surface area contributed by atoms with E-state index < -0.39 is 0 Å². The Balaban J connectivity index is 3.05. The van der Waals surface area contributed by atoms with Gasteiger partial charge in [0, 0.05) is 19.8 Å². The Labute approximate surface area is 87.4 Å². The Morgan fingerprint density at radius 3 is 2.93 bits per heavy atom. The molecule has 0 saturated heterocycles. The largest absolute Gasteiger partial charge is 0.331 e. The zero-order valence-corrected chi connectivity index (χ0v) is 9.34. The minimum atomic E-state index is 0.429. The summed E-state index contributed by atoms with van der Waals surface area (Å²) in [6.45, 7) is 2.70. The van der Waals surface area contributed by atoms with Crippen molar-refractivity contribution in [1.29, 1.82) is 0 Å². The van der Waals surface area contributed by atoms with E-state index in [1.165, 1.54) is 11.8 Å². The minimum Gasteiger partial charge on any atom is -0.331 e. The lowest BCUT2D eigenvalue weighted by Crippen LogP contribution is -1.96. The monoisotopic (exact) mass is 211 g/mol. The van der Waals surface area contributed by atoms with E-state index in [1.807, 2.05) is 19.4 Å². The lowest BCUT2D eigenvalue weighted by Gasteiger charge is -1.96. The first-order valence-electron chi connectivity index (χ1n) is 4.30. The van der Waals surface area contributed by atoms with Crippen LogP contribution in [0.3, 0.4) is 0 Å². The molecule has 0 unspecified atom stereocenters. The molecule has 0 amide bonds. The quantitative estimate of drug-likeness (QED) is 0.431. The molecule has 0 spiro atoms. The first-order valence-corrected chi connectivity index (χ1v) is 5.52. The van der Waals surface area contributed by atoms with Crippen molar-refractivity contribution in [3.05, 3.63) is 17.7 Å². The molecule has 4 nitrogen and oxygen atoms in total. The van der Waals surface area contributed by atoms with Gasteiger partial charge in [0.25, 0.3) is 0 Å². The Morgan fingerprint density at radius 1 is 1.79 bits per heavy atom. The Morgan fingerprint density at radius 2 is 2.50 bits per heavy atom. The summed E-state index contributed by atoms with van der Waals surface area (Å²) in [7, 11) is 1.80.